The summed E-state index contributed by atoms with van der Waals surface area (Å²) in [6.07, 6.45) is 4.47. The van der Waals surface area contributed by atoms with Gasteiger partial charge in [-0.05, 0) is 13.8 Å². The summed E-state index contributed by atoms with van der Waals surface area (Å²) in [7, 11) is 0. The van der Waals surface area contributed by atoms with Crippen molar-refractivity contribution in [1.29, 1.82) is 0 Å². The average Bonchev–Trinajstić information content (AvgIpc) is 2.76. The lowest BCUT2D eigenvalue weighted by atomic mass is 10.3. The fraction of sp³-hybridized carbons (Fsp3) is 0.273. The maximum absolute atomic E-state index is 11.9. The Balaban J connectivity index is 2.05. The molecule has 0 saturated heterocycles. The van der Waals surface area contributed by atoms with Crippen LogP contribution in [0, 0.1) is 6.92 Å². The van der Waals surface area contributed by atoms with E-state index in [1.165, 1.54) is 12.4 Å². The van der Waals surface area contributed by atoms with Crippen LogP contribution in [0.4, 0.5) is 0 Å². The molecule has 0 aliphatic heterocycles. The molecule has 0 spiro atoms. The van der Waals surface area contributed by atoms with Gasteiger partial charge in [-0.1, -0.05) is 11.6 Å². The van der Waals surface area contributed by atoms with Gasteiger partial charge in [0.1, 0.15) is 15.9 Å². The highest BCUT2D eigenvalue weighted by Crippen LogP contribution is 2.19. The zero-order valence-corrected chi connectivity index (χ0v) is 11.4. The molecule has 0 fully saturated rings. The number of aryl methyl sites for hydroxylation is 1. The molecular formula is C11H11ClN4OS. The first-order valence-corrected chi connectivity index (χ1v) is 6.46. The van der Waals surface area contributed by atoms with Gasteiger partial charge < -0.3 is 5.32 Å². The fourth-order valence-electron chi connectivity index (χ4n) is 1.33. The Hall–Kier alpha value is -1.53. The van der Waals surface area contributed by atoms with Crippen molar-refractivity contribution in [3.63, 3.8) is 0 Å². The molecule has 1 unspecified atom stereocenters. The number of hydrogen-bond donors (Lipinski definition) is 1. The number of nitrogens with zero attached hydrogens (tertiary/aromatic N) is 3. The predicted molar refractivity (Wildman–Crippen MR) is 69.8 cm³/mol. The van der Waals surface area contributed by atoms with Crippen molar-refractivity contribution in [1.82, 2.24) is 20.3 Å². The molecule has 1 amide bonds. The lowest BCUT2D eigenvalue weighted by Gasteiger charge is -2.10. The first kappa shape index (κ1) is 12.9. The largest absolute Gasteiger partial charge is 0.342 e. The van der Waals surface area contributed by atoms with Gasteiger partial charge in [-0.25, -0.2) is 15.0 Å². The van der Waals surface area contributed by atoms with Crippen molar-refractivity contribution in [2.45, 2.75) is 19.9 Å². The third-order valence-corrected chi connectivity index (χ3v) is 3.50. The van der Waals surface area contributed by atoms with Crippen LogP contribution in [0.15, 0.2) is 18.6 Å². The molecule has 0 aromatic carbocycles. The summed E-state index contributed by atoms with van der Waals surface area (Å²) in [5.41, 5.74) is 0.236. The molecule has 18 heavy (non-hydrogen) atoms. The lowest BCUT2D eigenvalue weighted by Crippen LogP contribution is -2.27. The van der Waals surface area contributed by atoms with Gasteiger partial charge in [-0.3, -0.25) is 4.79 Å². The Labute approximate surface area is 113 Å². The Morgan fingerprint density at radius 1 is 1.33 bits per heavy atom. The molecule has 0 aliphatic carbocycles. The van der Waals surface area contributed by atoms with Crippen LogP contribution in [0.1, 0.15) is 33.3 Å². The van der Waals surface area contributed by atoms with Gasteiger partial charge >= 0.3 is 0 Å². The van der Waals surface area contributed by atoms with Crippen molar-refractivity contribution in [2.24, 2.45) is 0 Å². The Kier molecular flexibility index (Phi) is 3.88. The summed E-state index contributed by atoms with van der Waals surface area (Å²) in [5.74, 6) is -0.292. The van der Waals surface area contributed by atoms with Crippen LogP contribution in [-0.4, -0.2) is 20.9 Å². The second kappa shape index (κ2) is 5.41. The molecule has 2 rings (SSSR count). The molecule has 2 heterocycles. The van der Waals surface area contributed by atoms with Crippen LogP contribution in [0.2, 0.25) is 5.15 Å². The smallest absolute Gasteiger partial charge is 0.272 e. The number of carbonyl (C=O) groups is 1. The fourth-order valence-corrected chi connectivity index (χ4v) is 2.21. The van der Waals surface area contributed by atoms with E-state index in [0.29, 0.717) is 0 Å². The minimum Gasteiger partial charge on any atom is -0.342 e. The van der Waals surface area contributed by atoms with Gasteiger partial charge in [0.2, 0.25) is 0 Å². The molecular weight excluding hydrogens is 272 g/mol. The predicted octanol–water partition coefficient (Wildman–Crippen LogP) is 2.39. The highest BCUT2D eigenvalue weighted by molar-refractivity contribution is 7.11. The van der Waals surface area contributed by atoms with E-state index in [9.17, 15) is 4.79 Å². The Bertz CT molecular complexity index is 554. The quantitative estimate of drug-likeness (QED) is 0.938. The first-order valence-electron chi connectivity index (χ1n) is 5.27. The zero-order chi connectivity index (χ0) is 13.1. The minimum absolute atomic E-state index is 0.159. The SMILES string of the molecule is Cc1cnc(C(C)NC(=O)c2cnc(Cl)cn2)s1. The number of halogens is 1. The molecule has 1 atom stereocenters. The number of aromatic nitrogens is 3. The van der Waals surface area contributed by atoms with Crippen molar-refractivity contribution in [3.05, 3.63) is 39.3 Å². The van der Waals surface area contributed by atoms with E-state index in [2.05, 4.69) is 20.3 Å². The number of hydrogen-bond acceptors (Lipinski definition) is 5. The minimum atomic E-state index is -0.292. The summed E-state index contributed by atoms with van der Waals surface area (Å²) < 4.78 is 0. The molecule has 2 aromatic heterocycles. The standard InChI is InChI=1S/C11H11ClN4OS/c1-6-3-15-11(18-6)7(2)16-10(17)8-4-14-9(12)5-13-8/h3-5,7H,1-2H3,(H,16,17). The van der Waals surface area contributed by atoms with Crippen molar-refractivity contribution in [2.75, 3.05) is 0 Å². The van der Waals surface area contributed by atoms with Gasteiger partial charge in [0.25, 0.3) is 5.91 Å². The number of thiazole rings is 1. The van der Waals surface area contributed by atoms with Crippen LogP contribution in [0.5, 0.6) is 0 Å². The van der Waals surface area contributed by atoms with Gasteiger partial charge in [0, 0.05) is 11.1 Å². The van der Waals surface area contributed by atoms with Gasteiger partial charge in [0.05, 0.1) is 18.4 Å². The number of nitrogens with one attached hydrogen (secondary N) is 1. The van der Waals surface area contributed by atoms with Crippen LogP contribution < -0.4 is 5.32 Å². The van der Waals surface area contributed by atoms with Crippen molar-refractivity contribution < 1.29 is 4.79 Å². The molecule has 2 aromatic rings. The molecule has 0 aliphatic rings. The summed E-state index contributed by atoms with van der Waals surface area (Å²) in [4.78, 5) is 24.9. The van der Waals surface area contributed by atoms with E-state index in [0.717, 1.165) is 9.88 Å². The third kappa shape index (κ3) is 3.02. The van der Waals surface area contributed by atoms with Crippen LogP contribution in [0.25, 0.3) is 0 Å². The third-order valence-electron chi connectivity index (χ3n) is 2.21. The summed E-state index contributed by atoms with van der Waals surface area (Å²) >= 11 is 7.16. The van der Waals surface area contributed by atoms with Crippen molar-refractivity contribution >= 4 is 28.8 Å². The van der Waals surface area contributed by atoms with Crippen LogP contribution >= 0.6 is 22.9 Å². The van der Waals surface area contributed by atoms with E-state index >= 15 is 0 Å². The van der Waals surface area contributed by atoms with Crippen molar-refractivity contribution in [3.8, 4) is 0 Å². The number of carbonyl (C=O) groups excluding carboxylic acids is 1. The highest BCUT2D eigenvalue weighted by Gasteiger charge is 2.15. The monoisotopic (exact) mass is 282 g/mol. The van der Waals surface area contributed by atoms with E-state index < -0.39 is 0 Å². The van der Waals surface area contributed by atoms with Gasteiger partial charge in [0.15, 0.2) is 0 Å². The number of rotatable bonds is 3. The van der Waals surface area contributed by atoms with E-state index in [1.807, 2.05) is 13.8 Å². The summed E-state index contributed by atoms with van der Waals surface area (Å²) in [5, 5.41) is 3.93. The number of amides is 1. The average molecular weight is 283 g/mol. The molecule has 0 saturated carbocycles. The van der Waals surface area contributed by atoms with Crippen LogP contribution in [-0.2, 0) is 0 Å². The maximum Gasteiger partial charge on any atom is 0.272 e. The molecule has 7 heteroatoms. The molecule has 94 valence electrons. The van der Waals surface area contributed by atoms with Gasteiger partial charge in [-0.15, -0.1) is 11.3 Å². The van der Waals surface area contributed by atoms with Gasteiger partial charge in [-0.2, -0.15) is 0 Å². The second-order valence-electron chi connectivity index (χ2n) is 3.73. The lowest BCUT2D eigenvalue weighted by molar-refractivity contribution is 0.0934. The molecule has 1 N–H and O–H groups in total. The maximum atomic E-state index is 11.9. The Morgan fingerprint density at radius 2 is 2.11 bits per heavy atom. The summed E-state index contributed by atoms with van der Waals surface area (Å²) in [6.45, 7) is 3.85. The molecule has 0 bridgehead atoms. The van der Waals surface area contributed by atoms with Crippen LogP contribution in [0.3, 0.4) is 0 Å². The van der Waals surface area contributed by atoms with E-state index in [1.54, 1.807) is 17.5 Å². The topological polar surface area (TPSA) is 67.8 Å². The molecule has 5 nitrogen and oxygen atoms in total. The highest BCUT2D eigenvalue weighted by atomic mass is 35.5. The normalized spacial score (nSPS) is 12.2. The first-order chi connectivity index (χ1) is 8.56. The second-order valence-corrected chi connectivity index (χ2v) is 5.38. The Morgan fingerprint density at radius 3 is 2.67 bits per heavy atom. The van der Waals surface area contributed by atoms with E-state index in [-0.39, 0.29) is 22.8 Å². The zero-order valence-electron chi connectivity index (χ0n) is 9.85. The molecule has 0 radical (unpaired) electrons. The van der Waals surface area contributed by atoms with E-state index in [4.69, 9.17) is 11.6 Å². The summed E-state index contributed by atoms with van der Waals surface area (Å²) in [6, 6.07) is -0.159.